The fraction of sp³-hybridized carbons (Fsp3) is 0.167. The van der Waals surface area contributed by atoms with Crippen LogP contribution in [0, 0.1) is 5.82 Å². The van der Waals surface area contributed by atoms with Crippen LogP contribution in [-0.4, -0.2) is 29.9 Å². The number of anilines is 1. The molecule has 0 radical (unpaired) electrons. The van der Waals surface area contributed by atoms with Gasteiger partial charge in [0.2, 0.25) is 0 Å². The lowest BCUT2D eigenvalue weighted by molar-refractivity contribution is -0.133. The van der Waals surface area contributed by atoms with E-state index in [1.54, 1.807) is 53.4 Å². The molecular weight excluding hydrogens is 383 g/mol. The van der Waals surface area contributed by atoms with E-state index in [-0.39, 0.29) is 30.8 Å². The summed E-state index contributed by atoms with van der Waals surface area (Å²) in [5.74, 6) is -0.594. The molecule has 0 spiro atoms. The molecule has 0 atom stereocenters. The zero-order valence-electron chi connectivity index (χ0n) is 16.7. The van der Waals surface area contributed by atoms with Crippen molar-refractivity contribution in [3.8, 4) is 5.75 Å². The van der Waals surface area contributed by atoms with E-state index < -0.39 is 0 Å². The molecule has 1 N–H and O–H groups in total. The Morgan fingerprint density at radius 1 is 0.967 bits per heavy atom. The Balaban J connectivity index is 1.64. The van der Waals surface area contributed by atoms with Gasteiger partial charge in [-0.3, -0.25) is 9.59 Å². The van der Waals surface area contributed by atoms with Crippen LogP contribution < -0.4 is 10.1 Å². The summed E-state index contributed by atoms with van der Waals surface area (Å²) in [6, 6.07) is 22.0. The summed E-state index contributed by atoms with van der Waals surface area (Å²) in [6.07, 6.45) is 0. The van der Waals surface area contributed by atoms with Gasteiger partial charge in [-0.05, 0) is 48.9 Å². The second-order valence-corrected chi connectivity index (χ2v) is 6.64. The van der Waals surface area contributed by atoms with Gasteiger partial charge in [0.25, 0.3) is 11.8 Å². The van der Waals surface area contributed by atoms with Gasteiger partial charge in [0.05, 0.1) is 5.56 Å². The minimum Gasteiger partial charge on any atom is -0.483 e. The van der Waals surface area contributed by atoms with Crippen molar-refractivity contribution in [1.29, 1.82) is 0 Å². The first-order valence-electron chi connectivity index (χ1n) is 9.67. The predicted molar refractivity (Wildman–Crippen MR) is 114 cm³/mol. The molecule has 0 aromatic heterocycles. The minimum atomic E-state index is -0.342. The average Bonchev–Trinajstić information content (AvgIpc) is 2.76. The first-order valence-corrected chi connectivity index (χ1v) is 9.67. The largest absolute Gasteiger partial charge is 0.483 e. The number of nitrogens with one attached hydrogen (secondary N) is 1. The number of halogens is 1. The SMILES string of the molecule is CCN(Cc1cccc(F)c1)C(=O)COc1ccccc1C(=O)Nc1ccccc1. The maximum absolute atomic E-state index is 13.4. The van der Waals surface area contributed by atoms with Crippen LogP contribution in [0.3, 0.4) is 0 Å². The molecule has 0 aliphatic heterocycles. The van der Waals surface area contributed by atoms with E-state index in [0.29, 0.717) is 29.1 Å². The van der Waals surface area contributed by atoms with Crippen molar-refractivity contribution in [2.45, 2.75) is 13.5 Å². The first-order chi connectivity index (χ1) is 14.6. The van der Waals surface area contributed by atoms with Gasteiger partial charge in [0.15, 0.2) is 6.61 Å². The molecule has 0 aliphatic carbocycles. The van der Waals surface area contributed by atoms with Crippen LogP contribution in [0.1, 0.15) is 22.8 Å². The molecule has 154 valence electrons. The second kappa shape index (κ2) is 10.2. The predicted octanol–water partition coefficient (Wildman–Crippen LogP) is 4.51. The Labute approximate surface area is 175 Å². The van der Waals surface area contributed by atoms with Crippen LogP contribution in [0.5, 0.6) is 5.75 Å². The van der Waals surface area contributed by atoms with Gasteiger partial charge in [0.1, 0.15) is 11.6 Å². The van der Waals surface area contributed by atoms with Crippen LogP contribution in [0.2, 0.25) is 0 Å². The van der Waals surface area contributed by atoms with E-state index in [2.05, 4.69) is 5.32 Å². The van der Waals surface area contributed by atoms with Gasteiger partial charge in [0, 0.05) is 18.8 Å². The molecule has 0 saturated carbocycles. The number of rotatable bonds is 8. The van der Waals surface area contributed by atoms with E-state index in [1.807, 2.05) is 25.1 Å². The molecule has 30 heavy (non-hydrogen) atoms. The number of carbonyl (C=O) groups excluding carboxylic acids is 2. The molecule has 0 aliphatic rings. The molecule has 3 aromatic rings. The van der Waals surface area contributed by atoms with Gasteiger partial charge >= 0.3 is 0 Å². The van der Waals surface area contributed by atoms with Crippen LogP contribution in [0.15, 0.2) is 78.9 Å². The molecule has 0 saturated heterocycles. The fourth-order valence-corrected chi connectivity index (χ4v) is 2.96. The molecule has 2 amide bonds. The summed E-state index contributed by atoms with van der Waals surface area (Å²) in [5, 5.41) is 2.81. The van der Waals surface area contributed by atoms with Crippen molar-refractivity contribution < 1.29 is 18.7 Å². The standard InChI is InChI=1S/C24H23FN2O3/c1-2-27(16-18-9-8-10-19(25)15-18)23(28)17-30-22-14-7-6-13-21(22)24(29)26-20-11-4-3-5-12-20/h3-15H,2,16-17H2,1H3,(H,26,29). The van der Waals surface area contributed by atoms with Crippen LogP contribution >= 0.6 is 0 Å². The van der Waals surface area contributed by atoms with Crippen molar-refractivity contribution >= 4 is 17.5 Å². The van der Waals surface area contributed by atoms with Crippen LogP contribution in [0.25, 0.3) is 0 Å². The van der Waals surface area contributed by atoms with E-state index in [0.717, 1.165) is 0 Å². The maximum Gasteiger partial charge on any atom is 0.260 e. The number of hydrogen-bond donors (Lipinski definition) is 1. The van der Waals surface area contributed by atoms with E-state index in [1.165, 1.54) is 12.1 Å². The van der Waals surface area contributed by atoms with Gasteiger partial charge in [-0.25, -0.2) is 4.39 Å². The molecule has 0 unspecified atom stereocenters. The monoisotopic (exact) mass is 406 g/mol. The van der Waals surface area contributed by atoms with E-state index in [4.69, 9.17) is 4.74 Å². The molecule has 3 aromatic carbocycles. The lowest BCUT2D eigenvalue weighted by atomic mass is 10.2. The fourth-order valence-electron chi connectivity index (χ4n) is 2.96. The molecule has 6 heteroatoms. The third kappa shape index (κ3) is 5.67. The number of nitrogens with zero attached hydrogens (tertiary/aromatic N) is 1. The van der Waals surface area contributed by atoms with Crippen LogP contribution in [-0.2, 0) is 11.3 Å². The van der Waals surface area contributed by atoms with Crippen molar-refractivity contribution in [1.82, 2.24) is 4.90 Å². The summed E-state index contributed by atoms with van der Waals surface area (Å²) < 4.78 is 19.1. The normalized spacial score (nSPS) is 10.3. The highest BCUT2D eigenvalue weighted by atomic mass is 19.1. The van der Waals surface area contributed by atoms with Crippen molar-refractivity contribution in [2.75, 3.05) is 18.5 Å². The van der Waals surface area contributed by atoms with Gasteiger partial charge in [-0.2, -0.15) is 0 Å². The topological polar surface area (TPSA) is 58.6 Å². The van der Waals surface area contributed by atoms with E-state index >= 15 is 0 Å². The summed E-state index contributed by atoms with van der Waals surface area (Å²) in [5.41, 5.74) is 1.70. The number of para-hydroxylation sites is 2. The Morgan fingerprint density at radius 3 is 2.43 bits per heavy atom. The molecule has 0 fully saturated rings. The lowest BCUT2D eigenvalue weighted by Gasteiger charge is -2.21. The Hall–Kier alpha value is -3.67. The number of ether oxygens (including phenoxy) is 1. The first kappa shape index (κ1) is 21.0. The summed E-state index contributed by atoms with van der Waals surface area (Å²) in [4.78, 5) is 26.8. The Bertz CT molecular complexity index is 1010. The van der Waals surface area contributed by atoms with Gasteiger partial charge in [-0.1, -0.05) is 42.5 Å². The Morgan fingerprint density at radius 2 is 1.70 bits per heavy atom. The maximum atomic E-state index is 13.4. The number of benzene rings is 3. The lowest BCUT2D eigenvalue weighted by Crippen LogP contribution is -2.34. The number of amides is 2. The van der Waals surface area contributed by atoms with E-state index in [9.17, 15) is 14.0 Å². The highest BCUT2D eigenvalue weighted by molar-refractivity contribution is 6.06. The van der Waals surface area contributed by atoms with Crippen molar-refractivity contribution in [2.24, 2.45) is 0 Å². The average molecular weight is 406 g/mol. The third-order valence-corrected chi connectivity index (χ3v) is 4.51. The van der Waals surface area contributed by atoms with Crippen molar-refractivity contribution in [3.05, 3.63) is 95.8 Å². The smallest absolute Gasteiger partial charge is 0.260 e. The molecule has 5 nitrogen and oxygen atoms in total. The zero-order chi connectivity index (χ0) is 21.3. The highest BCUT2D eigenvalue weighted by Crippen LogP contribution is 2.20. The molecule has 3 rings (SSSR count). The Kier molecular flexibility index (Phi) is 7.16. The third-order valence-electron chi connectivity index (χ3n) is 4.51. The molecule has 0 heterocycles. The number of likely N-dealkylation sites (N-methyl/N-ethyl adjacent to an activating group) is 1. The van der Waals surface area contributed by atoms with Crippen LogP contribution in [0.4, 0.5) is 10.1 Å². The quantitative estimate of drug-likeness (QED) is 0.599. The summed E-state index contributed by atoms with van der Waals surface area (Å²) in [7, 11) is 0. The number of carbonyl (C=O) groups is 2. The number of hydrogen-bond acceptors (Lipinski definition) is 3. The molecule has 0 bridgehead atoms. The second-order valence-electron chi connectivity index (χ2n) is 6.64. The highest BCUT2D eigenvalue weighted by Gasteiger charge is 2.17. The van der Waals surface area contributed by atoms with Crippen molar-refractivity contribution in [3.63, 3.8) is 0 Å². The summed E-state index contributed by atoms with van der Waals surface area (Å²) >= 11 is 0. The van der Waals surface area contributed by atoms with Gasteiger partial charge < -0.3 is 15.0 Å². The van der Waals surface area contributed by atoms with Gasteiger partial charge in [-0.15, -0.1) is 0 Å². The minimum absolute atomic E-state index is 0.223. The molecular formula is C24H23FN2O3. The summed E-state index contributed by atoms with van der Waals surface area (Å²) in [6.45, 7) is 2.36. The zero-order valence-corrected chi connectivity index (χ0v) is 16.7.